The van der Waals surface area contributed by atoms with Crippen LogP contribution in [0, 0.1) is 5.82 Å². The molecule has 2 aromatic rings. The highest BCUT2D eigenvalue weighted by atomic mass is 79.9. The number of thiophene rings is 1. The second-order valence-corrected chi connectivity index (χ2v) is 7.34. The molecule has 1 atom stereocenters. The van der Waals surface area contributed by atoms with E-state index in [0.717, 1.165) is 15.9 Å². The summed E-state index contributed by atoms with van der Waals surface area (Å²) in [5, 5.41) is 3.27. The van der Waals surface area contributed by atoms with Crippen LogP contribution in [0.3, 0.4) is 0 Å². The van der Waals surface area contributed by atoms with Gasteiger partial charge in [0.1, 0.15) is 5.82 Å². The van der Waals surface area contributed by atoms with Gasteiger partial charge in [0.25, 0.3) is 5.91 Å². The van der Waals surface area contributed by atoms with Gasteiger partial charge in [0.2, 0.25) is 0 Å². The number of benzene rings is 1. The van der Waals surface area contributed by atoms with E-state index in [2.05, 4.69) is 21.2 Å². The Hall–Kier alpha value is -0.950. The van der Waals surface area contributed by atoms with Gasteiger partial charge in [0, 0.05) is 19.6 Å². The van der Waals surface area contributed by atoms with Crippen molar-refractivity contribution >= 4 is 45.6 Å². The highest BCUT2D eigenvalue weighted by Gasteiger charge is 2.29. The molecule has 118 valence electrons. The third-order valence-electron chi connectivity index (χ3n) is 3.52. The van der Waals surface area contributed by atoms with E-state index in [9.17, 15) is 9.18 Å². The third-order valence-corrected chi connectivity index (χ3v) is 5.13. The predicted octanol–water partition coefficient (Wildman–Crippen LogP) is 3.86. The van der Waals surface area contributed by atoms with Gasteiger partial charge in [-0.15, -0.1) is 23.7 Å². The maximum Gasteiger partial charge on any atom is 0.264 e. The van der Waals surface area contributed by atoms with E-state index in [4.69, 9.17) is 0 Å². The van der Waals surface area contributed by atoms with Crippen LogP contribution in [-0.4, -0.2) is 30.4 Å². The molecule has 1 saturated heterocycles. The zero-order valence-electron chi connectivity index (χ0n) is 11.6. The fourth-order valence-electron chi connectivity index (χ4n) is 2.53. The largest absolute Gasteiger partial charge is 0.328 e. The molecule has 0 bridgehead atoms. The summed E-state index contributed by atoms with van der Waals surface area (Å²) < 4.78 is 14.4. The van der Waals surface area contributed by atoms with Gasteiger partial charge in [0.05, 0.1) is 14.7 Å². The lowest BCUT2D eigenvalue weighted by molar-refractivity contribution is 0.0639. The number of piperazine rings is 1. The van der Waals surface area contributed by atoms with Gasteiger partial charge in [-0.05, 0) is 45.8 Å². The van der Waals surface area contributed by atoms with Crippen LogP contribution in [0.25, 0.3) is 0 Å². The first-order valence-electron chi connectivity index (χ1n) is 6.67. The Balaban J connectivity index is 0.00000176. The molecule has 1 unspecified atom stereocenters. The van der Waals surface area contributed by atoms with Crippen molar-refractivity contribution in [2.75, 3.05) is 19.6 Å². The Bertz CT molecular complexity index is 666. The third kappa shape index (κ3) is 3.68. The number of nitrogens with one attached hydrogen (secondary N) is 1. The average molecular weight is 406 g/mol. The number of nitrogens with zero attached hydrogens (tertiary/aromatic N) is 1. The molecular weight excluding hydrogens is 391 g/mol. The van der Waals surface area contributed by atoms with Crippen molar-refractivity contribution in [2.45, 2.75) is 6.04 Å². The summed E-state index contributed by atoms with van der Waals surface area (Å²) in [6, 6.07) is 10.0. The van der Waals surface area contributed by atoms with Gasteiger partial charge in [-0.3, -0.25) is 4.79 Å². The zero-order valence-corrected chi connectivity index (χ0v) is 14.8. The molecule has 0 saturated carbocycles. The standard InChI is InChI=1S/C15H14BrFN2OS.ClH/c16-14-5-4-13(21-14)15(20)19-7-6-18-9-12(19)10-2-1-3-11(17)8-10;/h1-5,8,12,18H,6-7,9H2;1H. The molecule has 1 fully saturated rings. The lowest BCUT2D eigenvalue weighted by atomic mass is 10.0. The summed E-state index contributed by atoms with van der Waals surface area (Å²) in [7, 11) is 0. The van der Waals surface area contributed by atoms with Gasteiger partial charge in [-0.2, -0.15) is 0 Å². The van der Waals surface area contributed by atoms with Crippen molar-refractivity contribution in [1.29, 1.82) is 0 Å². The van der Waals surface area contributed by atoms with Crippen LogP contribution >= 0.6 is 39.7 Å². The summed E-state index contributed by atoms with van der Waals surface area (Å²) in [6.45, 7) is 2.02. The van der Waals surface area contributed by atoms with E-state index in [1.165, 1.54) is 23.5 Å². The van der Waals surface area contributed by atoms with Crippen molar-refractivity contribution < 1.29 is 9.18 Å². The topological polar surface area (TPSA) is 32.3 Å². The molecule has 7 heteroatoms. The molecule has 1 aromatic heterocycles. The Labute approximate surface area is 147 Å². The van der Waals surface area contributed by atoms with E-state index in [0.29, 0.717) is 18.0 Å². The minimum atomic E-state index is -0.274. The van der Waals surface area contributed by atoms with Crippen LogP contribution in [0.4, 0.5) is 4.39 Å². The lowest BCUT2D eigenvalue weighted by Crippen LogP contribution is -2.48. The summed E-state index contributed by atoms with van der Waals surface area (Å²) in [4.78, 5) is 15.2. The number of rotatable bonds is 2. The van der Waals surface area contributed by atoms with Crippen molar-refractivity contribution in [1.82, 2.24) is 10.2 Å². The van der Waals surface area contributed by atoms with Crippen molar-refractivity contribution in [3.63, 3.8) is 0 Å². The minimum absolute atomic E-state index is 0. The first-order chi connectivity index (χ1) is 10.1. The molecule has 1 amide bonds. The molecule has 3 rings (SSSR count). The Morgan fingerprint density at radius 1 is 1.36 bits per heavy atom. The van der Waals surface area contributed by atoms with Crippen molar-refractivity contribution in [3.8, 4) is 0 Å². The number of amides is 1. The van der Waals surface area contributed by atoms with Gasteiger partial charge in [-0.1, -0.05) is 12.1 Å². The number of hydrogen-bond donors (Lipinski definition) is 1. The second-order valence-electron chi connectivity index (χ2n) is 4.88. The SMILES string of the molecule is Cl.O=C(c1ccc(Br)s1)N1CCNCC1c1cccc(F)c1. The van der Waals surface area contributed by atoms with Gasteiger partial charge in [-0.25, -0.2) is 4.39 Å². The first-order valence-corrected chi connectivity index (χ1v) is 8.28. The molecule has 1 aliphatic rings. The fourth-order valence-corrected chi connectivity index (χ4v) is 3.87. The van der Waals surface area contributed by atoms with Crippen LogP contribution in [0.15, 0.2) is 40.2 Å². The molecular formula is C15H15BrClFN2OS. The molecule has 1 N–H and O–H groups in total. The second kappa shape index (κ2) is 7.55. The molecule has 0 spiro atoms. The van der Waals surface area contributed by atoms with E-state index in [1.807, 2.05) is 23.1 Å². The summed E-state index contributed by atoms with van der Waals surface area (Å²) in [6.07, 6.45) is 0. The van der Waals surface area contributed by atoms with Crippen LogP contribution < -0.4 is 5.32 Å². The molecule has 0 aliphatic carbocycles. The smallest absolute Gasteiger partial charge is 0.264 e. The highest BCUT2D eigenvalue weighted by Crippen LogP contribution is 2.28. The Kier molecular flexibility index (Phi) is 5.97. The molecule has 3 nitrogen and oxygen atoms in total. The predicted molar refractivity (Wildman–Crippen MR) is 92.3 cm³/mol. The molecule has 2 heterocycles. The zero-order chi connectivity index (χ0) is 14.8. The number of hydrogen-bond acceptors (Lipinski definition) is 3. The normalized spacial score (nSPS) is 17.9. The Morgan fingerprint density at radius 3 is 2.86 bits per heavy atom. The number of carbonyl (C=O) groups excluding carboxylic acids is 1. The summed E-state index contributed by atoms with van der Waals surface area (Å²) in [5.74, 6) is -0.272. The number of carbonyl (C=O) groups is 1. The van der Waals surface area contributed by atoms with Crippen LogP contribution in [0.1, 0.15) is 21.3 Å². The van der Waals surface area contributed by atoms with Gasteiger partial charge >= 0.3 is 0 Å². The Morgan fingerprint density at radius 2 is 2.18 bits per heavy atom. The van der Waals surface area contributed by atoms with E-state index < -0.39 is 0 Å². The monoisotopic (exact) mass is 404 g/mol. The maximum atomic E-state index is 13.4. The fraction of sp³-hybridized carbons (Fsp3) is 0.267. The van der Waals surface area contributed by atoms with Gasteiger partial charge < -0.3 is 10.2 Å². The lowest BCUT2D eigenvalue weighted by Gasteiger charge is -2.36. The van der Waals surface area contributed by atoms with Crippen molar-refractivity contribution in [3.05, 3.63) is 56.4 Å². The van der Waals surface area contributed by atoms with Crippen molar-refractivity contribution in [2.24, 2.45) is 0 Å². The quantitative estimate of drug-likeness (QED) is 0.823. The van der Waals surface area contributed by atoms with Crippen LogP contribution in [0.5, 0.6) is 0 Å². The minimum Gasteiger partial charge on any atom is -0.328 e. The molecule has 0 radical (unpaired) electrons. The van der Waals surface area contributed by atoms with E-state index in [-0.39, 0.29) is 30.2 Å². The van der Waals surface area contributed by atoms with Crippen LogP contribution in [0.2, 0.25) is 0 Å². The molecule has 22 heavy (non-hydrogen) atoms. The van der Waals surface area contributed by atoms with Crippen LogP contribution in [-0.2, 0) is 0 Å². The van der Waals surface area contributed by atoms with E-state index >= 15 is 0 Å². The van der Waals surface area contributed by atoms with Gasteiger partial charge in [0.15, 0.2) is 0 Å². The molecule has 1 aliphatic heterocycles. The highest BCUT2D eigenvalue weighted by molar-refractivity contribution is 9.11. The summed E-state index contributed by atoms with van der Waals surface area (Å²) in [5.41, 5.74) is 0.825. The first kappa shape index (κ1) is 17.4. The van der Waals surface area contributed by atoms with E-state index in [1.54, 1.807) is 6.07 Å². The number of halogens is 3. The maximum absolute atomic E-state index is 13.4. The molecule has 1 aromatic carbocycles. The summed E-state index contributed by atoms with van der Waals surface area (Å²) >= 11 is 4.80. The average Bonchev–Trinajstić information content (AvgIpc) is 2.93.